The number of hydrogen-bond donors (Lipinski definition) is 1. The van der Waals surface area contributed by atoms with Gasteiger partial charge in [-0.2, -0.15) is 0 Å². The van der Waals surface area contributed by atoms with Gasteiger partial charge in [-0.1, -0.05) is 19.1 Å². The van der Waals surface area contributed by atoms with Gasteiger partial charge in [0.15, 0.2) is 0 Å². The van der Waals surface area contributed by atoms with Crippen LogP contribution in [0.2, 0.25) is 0 Å². The number of rotatable bonds is 3. The van der Waals surface area contributed by atoms with E-state index in [0.29, 0.717) is 19.7 Å². The number of hydrogen-bond acceptors (Lipinski definition) is 3. The van der Waals surface area contributed by atoms with Gasteiger partial charge in [-0.05, 0) is 24.6 Å². The Bertz CT molecular complexity index is 432. The van der Waals surface area contributed by atoms with Crippen LogP contribution in [0.25, 0.3) is 0 Å². The maximum Gasteiger partial charge on any atom is 0.311 e. The van der Waals surface area contributed by atoms with Gasteiger partial charge in [-0.15, -0.1) is 0 Å². The first-order valence-corrected chi connectivity index (χ1v) is 6.21. The van der Waals surface area contributed by atoms with E-state index in [1.165, 1.54) is 12.1 Å². The highest BCUT2D eigenvalue weighted by atomic mass is 19.1. The van der Waals surface area contributed by atoms with Crippen LogP contribution in [0.15, 0.2) is 24.3 Å². The van der Waals surface area contributed by atoms with Crippen molar-refractivity contribution in [2.75, 3.05) is 19.7 Å². The first-order valence-electron chi connectivity index (χ1n) is 6.21. The van der Waals surface area contributed by atoms with E-state index >= 15 is 0 Å². The SMILES string of the molecule is CCOC(=O)C1CNCC1(C)c1ccc(F)cc1. The lowest BCUT2D eigenvalue weighted by Gasteiger charge is -2.29. The number of carbonyl (C=O) groups is 1. The van der Waals surface area contributed by atoms with Crippen molar-refractivity contribution in [3.63, 3.8) is 0 Å². The average Bonchev–Trinajstić information content (AvgIpc) is 2.73. The molecule has 3 nitrogen and oxygen atoms in total. The van der Waals surface area contributed by atoms with E-state index in [1.54, 1.807) is 19.1 Å². The van der Waals surface area contributed by atoms with Crippen molar-refractivity contribution in [1.82, 2.24) is 5.32 Å². The maximum atomic E-state index is 13.0. The highest BCUT2D eigenvalue weighted by Crippen LogP contribution is 2.36. The predicted octanol–water partition coefficient (Wildman–Crippen LogP) is 1.87. The molecule has 18 heavy (non-hydrogen) atoms. The minimum absolute atomic E-state index is 0.186. The molecule has 0 amide bonds. The molecule has 0 saturated carbocycles. The monoisotopic (exact) mass is 251 g/mol. The summed E-state index contributed by atoms with van der Waals surface area (Å²) in [5.74, 6) is -0.668. The summed E-state index contributed by atoms with van der Waals surface area (Å²) in [6, 6.07) is 6.35. The maximum absolute atomic E-state index is 13.0. The van der Waals surface area contributed by atoms with Crippen LogP contribution in [-0.4, -0.2) is 25.7 Å². The second kappa shape index (κ2) is 5.06. The van der Waals surface area contributed by atoms with E-state index in [2.05, 4.69) is 5.32 Å². The molecule has 0 bridgehead atoms. The van der Waals surface area contributed by atoms with Crippen molar-refractivity contribution < 1.29 is 13.9 Å². The molecule has 1 fully saturated rings. The van der Waals surface area contributed by atoms with Gasteiger partial charge in [-0.3, -0.25) is 4.79 Å². The molecule has 98 valence electrons. The van der Waals surface area contributed by atoms with E-state index in [-0.39, 0.29) is 23.1 Å². The van der Waals surface area contributed by atoms with Crippen LogP contribution >= 0.6 is 0 Å². The van der Waals surface area contributed by atoms with Gasteiger partial charge in [0.25, 0.3) is 0 Å². The van der Waals surface area contributed by atoms with Crippen molar-refractivity contribution in [3.05, 3.63) is 35.6 Å². The lowest BCUT2D eigenvalue weighted by Crippen LogP contribution is -2.37. The first-order chi connectivity index (χ1) is 8.58. The number of carbonyl (C=O) groups excluding carboxylic acids is 1. The smallest absolute Gasteiger partial charge is 0.311 e. The molecule has 0 radical (unpaired) electrons. The summed E-state index contributed by atoms with van der Waals surface area (Å²) in [5, 5.41) is 3.22. The summed E-state index contributed by atoms with van der Waals surface area (Å²) in [6.45, 7) is 5.50. The Morgan fingerprint density at radius 1 is 1.50 bits per heavy atom. The normalized spacial score (nSPS) is 27.2. The molecule has 1 aliphatic heterocycles. The van der Waals surface area contributed by atoms with E-state index in [9.17, 15) is 9.18 Å². The largest absolute Gasteiger partial charge is 0.466 e. The Morgan fingerprint density at radius 3 is 2.78 bits per heavy atom. The number of esters is 1. The van der Waals surface area contributed by atoms with Crippen molar-refractivity contribution in [1.29, 1.82) is 0 Å². The van der Waals surface area contributed by atoms with Crippen LogP contribution in [0.4, 0.5) is 4.39 Å². The molecular weight excluding hydrogens is 233 g/mol. The van der Waals surface area contributed by atoms with Gasteiger partial charge in [-0.25, -0.2) is 4.39 Å². The number of nitrogens with one attached hydrogen (secondary N) is 1. The van der Waals surface area contributed by atoms with E-state index in [1.807, 2.05) is 6.92 Å². The molecule has 4 heteroatoms. The standard InChI is InChI=1S/C14H18FNO2/c1-3-18-13(17)12-8-16-9-14(12,2)10-4-6-11(15)7-5-10/h4-7,12,16H,3,8-9H2,1-2H3. The summed E-state index contributed by atoms with van der Waals surface area (Å²) in [6.07, 6.45) is 0. The second-order valence-corrected chi connectivity index (χ2v) is 4.86. The molecule has 1 saturated heterocycles. The molecule has 0 aromatic heterocycles. The fourth-order valence-corrected chi connectivity index (χ4v) is 2.54. The van der Waals surface area contributed by atoms with Gasteiger partial charge in [0, 0.05) is 18.5 Å². The third kappa shape index (κ3) is 2.25. The summed E-state index contributed by atoms with van der Waals surface area (Å²) >= 11 is 0. The van der Waals surface area contributed by atoms with Crippen molar-refractivity contribution in [2.45, 2.75) is 19.3 Å². The molecule has 1 N–H and O–H groups in total. The average molecular weight is 251 g/mol. The fraction of sp³-hybridized carbons (Fsp3) is 0.500. The minimum atomic E-state index is -0.333. The number of ether oxygens (including phenoxy) is 1. The molecule has 2 atom stereocenters. The molecule has 1 aromatic carbocycles. The van der Waals surface area contributed by atoms with Gasteiger partial charge >= 0.3 is 5.97 Å². The van der Waals surface area contributed by atoms with Crippen LogP contribution in [0.3, 0.4) is 0 Å². The van der Waals surface area contributed by atoms with E-state index in [0.717, 1.165) is 5.56 Å². The van der Waals surface area contributed by atoms with Gasteiger partial charge in [0.2, 0.25) is 0 Å². The molecule has 0 spiro atoms. The van der Waals surface area contributed by atoms with Crippen LogP contribution in [-0.2, 0) is 14.9 Å². The molecule has 1 heterocycles. The summed E-state index contributed by atoms with van der Waals surface area (Å²) in [5.41, 5.74) is 0.631. The lowest BCUT2D eigenvalue weighted by molar-refractivity contribution is -0.149. The Balaban J connectivity index is 2.27. The van der Waals surface area contributed by atoms with Gasteiger partial charge < -0.3 is 10.1 Å². The molecule has 1 aromatic rings. The van der Waals surface area contributed by atoms with Crippen molar-refractivity contribution in [2.24, 2.45) is 5.92 Å². The fourth-order valence-electron chi connectivity index (χ4n) is 2.54. The van der Waals surface area contributed by atoms with Crippen LogP contribution in [0.5, 0.6) is 0 Å². The van der Waals surface area contributed by atoms with Crippen LogP contribution < -0.4 is 5.32 Å². The molecular formula is C14H18FNO2. The lowest BCUT2D eigenvalue weighted by atomic mass is 9.74. The highest BCUT2D eigenvalue weighted by molar-refractivity contribution is 5.75. The summed E-state index contributed by atoms with van der Waals surface area (Å²) in [7, 11) is 0. The van der Waals surface area contributed by atoms with Gasteiger partial charge in [0.1, 0.15) is 5.82 Å². The Morgan fingerprint density at radius 2 is 2.17 bits per heavy atom. The first kappa shape index (κ1) is 13.0. The van der Waals surface area contributed by atoms with Crippen molar-refractivity contribution >= 4 is 5.97 Å². The highest BCUT2D eigenvalue weighted by Gasteiger charge is 2.45. The molecule has 1 aliphatic rings. The molecule has 0 aliphatic carbocycles. The Labute approximate surface area is 106 Å². The van der Waals surface area contributed by atoms with E-state index in [4.69, 9.17) is 4.74 Å². The third-order valence-electron chi connectivity index (χ3n) is 3.68. The topological polar surface area (TPSA) is 38.3 Å². The minimum Gasteiger partial charge on any atom is -0.466 e. The quantitative estimate of drug-likeness (QED) is 0.833. The van der Waals surface area contributed by atoms with E-state index < -0.39 is 0 Å². The Hall–Kier alpha value is -1.42. The number of halogens is 1. The Kier molecular flexibility index (Phi) is 3.66. The summed E-state index contributed by atoms with van der Waals surface area (Å²) < 4.78 is 18.1. The van der Waals surface area contributed by atoms with Crippen molar-refractivity contribution in [3.8, 4) is 0 Å². The zero-order chi connectivity index (χ0) is 13.2. The number of benzene rings is 1. The molecule has 2 unspecified atom stereocenters. The third-order valence-corrected chi connectivity index (χ3v) is 3.68. The summed E-state index contributed by atoms with van der Waals surface area (Å²) in [4.78, 5) is 12.0. The van der Waals surface area contributed by atoms with Gasteiger partial charge in [0.05, 0.1) is 12.5 Å². The zero-order valence-corrected chi connectivity index (χ0v) is 10.7. The predicted molar refractivity (Wildman–Crippen MR) is 66.7 cm³/mol. The van der Waals surface area contributed by atoms with Crippen LogP contribution in [0, 0.1) is 11.7 Å². The molecule has 2 rings (SSSR count). The second-order valence-electron chi connectivity index (χ2n) is 4.86. The zero-order valence-electron chi connectivity index (χ0n) is 10.7. The van der Waals surface area contributed by atoms with Crippen LogP contribution in [0.1, 0.15) is 19.4 Å².